The Bertz CT molecular complexity index is 238. The molecule has 0 aromatic rings. The molecule has 2 nitrogen and oxygen atoms in total. The Morgan fingerprint density at radius 2 is 1.25 bits per heavy atom. The van der Waals surface area contributed by atoms with E-state index in [1.54, 1.807) is 0 Å². The summed E-state index contributed by atoms with van der Waals surface area (Å²) < 4.78 is 5.27. The second kappa shape index (κ2) is 12.2. The minimum absolute atomic E-state index is 0.0136. The maximum absolute atomic E-state index is 11.5. The van der Waals surface area contributed by atoms with Crippen LogP contribution < -0.4 is 0 Å². The normalized spacial score (nSPS) is 26.2. The molecule has 0 saturated carbocycles. The van der Waals surface area contributed by atoms with Crippen molar-refractivity contribution >= 4 is 5.97 Å². The zero-order valence-electron chi connectivity index (χ0n) is 13.5. The molecule has 1 rings (SSSR count). The third kappa shape index (κ3) is 10.3. The zero-order valence-corrected chi connectivity index (χ0v) is 13.5. The third-order valence-corrected chi connectivity index (χ3v) is 4.43. The average Bonchev–Trinajstić information content (AvgIpc) is 2.43. The maximum Gasteiger partial charge on any atom is 0.305 e. The summed E-state index contributed by atoms with van der Waals surface area (Å²) in [7, 11) is 0. The molecule has 1 unspecified atom stereocenters. The minimum Gasteiger partial charge on any atom is -0.466 e. The van der Waals surface area contributed by atoms with Crippen molar-refractivity contribution in [1.29, 1.82) is 0 Å². The Hall–Kier alpha value is -0.530. The number of carbonyl (C=O) groups excluding carboxylic acids is 1. The Morgan fingerprint density at radius 3 is 1.90 bits per heavy atom. The van der Waals surface area contributed by atoms with E-state index in [0.29, 0.717) is 13.0 Å². The molecule has 0 spiro atoms. The molecule has 1 aliphatic rings. The molecule has 1 fully saturated rings. The first-order valence-electron chi connectivity index (χ1n) is 8.94. The molecule has 0 N–H and O–H groups in total. The SMILES string of the molecule is CC1CCCCCCCCCC(=O)OCCCCCC1. The third-order valence-electron chi connectivity index (χ3n) is 4.43. The lowest BCUT2D eigenvalue weighted by Gasteiger charge is -2.11. The number of ether oxygens (including phenoxy) is 1. The molecule has 2 heteroatoms. The number of rotatable bonds is 0. The standard InChI is InChI=1S/C18H34O2/c1-17-13-9-5-3-2-4-6-11-15-18(19)20-16-12-8-7-10-14-17/h17H,2-16H2,1H3. The van der Waals surface area contributed by atoms with Gasteiger partial charge in [-0.15, -0.1) is 0 Å². The highest BCUT2D eigenvalue weighted by Crippen LogP contribution is 2.18. The number of cyclic esters (lactones) is 1. The number of hydrogen-bond acceptors (Lipinski definition) is 2. The monoisotopic (exact) mass is 282 g/mol. The smallest absolute Gasteiger partial charge is 0.305 e. The fraction of sp³-hybridized carbons (Fsp3) is 0.944. The highest BCUT2D eigenvalue weighted by atomic mass is 16.5. The predicted molar refractivity (Wildman–Crippen MR) is 84.8 cm³/mol. The summed E-state index contributed by atoms with van der Waals surface area (Å²) in [5, 5.41) is 0. The van der Waals surface area contributed by atoms with Crippen molar-refractivity contribution in [2.24, 2.45) is 5.92 Å². The van der Waals surface area contributed by atoms with Gasteiger partial charge in [-0.3, -0.25) is 4.79 Å². The highest BCUT2D eigenvalue weighted by molar-refractivity contribution is 5.69. The summed E-state index contributed by atoms with van der Waals surface area (Å²) >= 11 is 0. The highest BCUT2D eigenvalue weighted by Gasteiger charge is 2.05. The van der Waals surface area contributed by atoms with Gasteiger partial charge < -0.3 is 4.74 Å². The van der Waals surface area contributed by atoms with Crippen molar-refractivity contribution in [3.63, 3.8) is 0 Å². The zero-order chi connectivity index (χ0) is 14.5. The fourth-order valence-corrected chi connectivity index (χ4v) is 3.00. The lowest BCUT2D eigenvalue weighted by molar-refractivity contribution is -0.143. The van der Waals surface area contributed by atoms with Gasteiger partial charge in [0.05, 0.1) is 6.61 Å². The van der Waals surface area contributed by atoms with Gasteiger partial charge in [0.15, 0.2) is 0 Å². The Kier molecular flexibility index (Phi) is 10.7. The first-order chi connectivity index (χ1) is 9.79. The van der Waals surface area contributed by atoms with Crippen molar-refractivity contribution in [3.05, 3.63) is 0 Å². The first kappa shape index (κ1) is 17.5. The van der Waals surface area contributed by atoms with E-state index in [1.807, 2.05) is 0 Å². The van der Waals surface area contributed by atoms with Gasteiger partial charge in [0, 0.05) is 6.42 Å². The molecular weight excluding hydrogens is 248 g/mol. The summed E-state index contributed by atoms with van der Waals surface area (Å²) in [6.07, 6.45) is 17.3. The summed E-state index contributed by atoms with van der Waals surface area (Å²) in [4.78, 5) is 11.5. The molecule has 1 heterocycles. The lowest BCUT2D eigenvalue weighted by Crippen LogP contribution is -2.05. The number of esters is 1. The van der Waals surface area contributed by atoms with Crippen LogP contribution in [0.1, 0.15) is 96.8 Å². The van der Waals surface area contributed by atoms with Crippen LogP contribution in [0, 0.1) is 5.92 Å². The fourth-order valence-electron chi connectivity index (χ4n) is 3.00. The molecule has 0 radical (unpaired) electrons. The summed E-state index contributed by atoms with van der Waals surface area (Å²) in [5.41, 5.74) is 0. The Balaban J connectivity index is 2.17. The first-order valence-corrected chi connectivity index (χ1v) is 8.94. The van der Waals surface area contributed by atoms with Crippen LogP contribution in [0.5, 0.6) is 0 Å². The van der Waals surface area contributed by atoms with E-state index in [-0.39, 0.29) is 5.97 Å². The van der Waals surface area contributed by atoms with E-state index in [1.165, 1.54) is 70.6 Å². The molecule has 0 aromatic heterocycles. The molecule has 0 amide bonds. The topological polar surface area (TPSA) is 26.3 Å². The van der Waals surface area contributed by atoms with Gasteiger partial charge in [-0.25, -0.2) is 0 Å². The summed E-state index contributed by atoms with van der Waals surface area (Å²) in [5.74, 6) is 0.909. The molecule has 1 saturated heterocycles. The number of hydrogen-bond donors (Lipinski definition) is 0. The molecular formula is C18H34O2. The van der Waals surface area contributed by atoms with Gasteiger partial charge in [0.25, 0.3) is 0 Å². The molecule has 1 aliphatic heterocycles. The van der Waals surface area contributed by atoms with E-state index in [4.69, 9.17) is 4.74 Å². The van der Waals surface area contributed by atoms with Crippen LogP contribution in [-0.4, -0.2) is 12.6 Å². The lowest BCUT2D eigenvalue weighted by atomic mass is 9.96. The van der Waals surface area contributed by atoms with Crippen molar-refractivity contribution in [2.75, 3.05) is 6.61 Å². The van der Waals surface area contributed by atoms with Crippen LogP contribution in [-0.2, 0) is 9.53 Å². The van der Waals surface area contributed by atoms with Crippen LogP contribution in [0.4, 0.5) is 0 Å². The van der Waals surface area contributed by atoms with Gasteiger partial charge in [0.2, 0.25) is 0 Å². The van der Waals surface area contributed by atoms with Crippen molar-refractivity contribution in [1.82, 2.24) is 0 Å². The molecule has 20 heavy (non-hydrogen) atoms. The molecule has 0 aromatic carbocycles. The van der Waals surface area contributed by atoms with Gasteiger partial charge in [-0.2, -0.15) is 0 Å². The summed E-state index contributed by atoms with van der Waals surface area (Å²) in [6, 6.07) is 0. The average molecular weight is 282 g/mol. The van der Waals surface area contributed by atoms with Crippen molar-refractivity contribution in [2.45, 2.75) is 96.8 Å². The molecule has 118 valence electrons. The molecule has 0 bridgehead atoms. The van der Waals surface area contributed by atoms with Gasteiger partial charge in [0.1, 0.15) is 0 Å². The quantitative estimate of drug-likeness (QED) is 0.537. The van der Waals surface area contributed by atoms with Crippen LogP contribution in [0.25, 0.3) is 0 Å². The van der Waals surface area contributed by atoms with Gasteiger partial charge >= 0.3 is 5.97 Å². The van der Waals surface area contributed by atoms with Crippen molar-refractivity contribution < 1.29 is 9.53 Å². The second-order valence-electron chi connectivity index (χ2n) is 6.54. The second-order valence-corrected chi connectivity index (χ2v) is 6.54. The van der Waals surface area contributed by atoms with Gasteiger partial charge in [-0.1, -0.05) is 77.6 Å². The molecule has 0 aliphatic carbocycles. The van der Waals surface area contributed by atoms with E-state index >= 15 is 0 Å². The predicted octanol–water partition coefficient (Wildman–Crippen LogP) is 5.64. The van der Waals surface area contributed by atoms with E-state index < -0.39 is 0 Å². The maximum atomic E-state index is 11.5. The minimum atomic E-state index is 0.0136. The number of carbonyl (C=O) groups is 1. The van der Waals surface area contributed by atoms with Crippen LogP contribution in [0.3, 0.4) is 0 Å². The largest absolute Gasteiger partial charge is 0.466 e. The van der Waals surface area contributed by atoms with Crippen LogP contribution >= 0.6 is 0 Å². The van der Waals surface area contributed by atoms with E-state index in [9.17, 15) is 4.79 Å². The van der Waals surface area contributed by atoms with Crippen molar-refractivity contribution in [3.8, 4) is 0 Å². The summed E-state index contributed by atoms with van der Waals surface area (Å²) in [6.45, 7) is 3.04. The van der Waals surface area contributed by atoms with Crippen LogP contribution in [0.15, 0.2) is 0 Å². The van der Waals surface area contributed by atoms with E-state index in [2.05, 4.69) is 6.92 Å². The Labute approximate surface area is 125 Å². The van der Waals surface area contributed by atoms with Gasteiger partial charge in [-0.05, 0) is 18.8 Å². The van der Waals surface area contributed by atoms with Crippen LogP contribution in [0.2, 0.25) is 0 Å². The van der Waals surface area contributed by atoms with E-state index in [0.717, 1.165) is 18.8 Å². The molecule has 1 atom stereocenters. The Morgan fingerprint density at radius 1 is 0.750 bits per heavy atom.